The highest BCUT2D eigenvalue weighted by atomic mass is 16.5. The molecule has 3 rings (SSSR count). The first-order valence-corrected chi connectivity index (χ1v) is 7.07. The van der Waals surface area contributed by atoms with E-state index >= 15 is 0 Å². The molecular weight excluding hydrogens is 248 g/mol. The number of ether oxygens (including phenoxy) is 2. The van der Waals surface area contributed by atoms with Crippen LogP contribution in [-0.4, -0.2) is 73.2 Å². The van der Waals surface area contributed by atoms with E-state index in [9.17, 15) is 9.59 Å². The van der Waals surface area contributed by atoms with Gasteiger partial charge in [-0.05, 0) is 6.42 Å². The Morgan fingerprint density at radius 1 is 0.789 bits per heavy atom. The van der Waals surface area contributed by atoms with Crippen molar-refractivity contribution in [1.82, 2.24) is 9.80 Å². The van der Waals surface area contributed by atoms with Gasteiger partial charge in [0.15, 0.2) is 0 Å². The Morgan fingerprint density at radius 3 is 1.63 bits per heavy atom. The van der Waals surface area contributed by atoms with E-state index in [4.69, 9.17) is 9.47 Å². The number of hydrogen-bond donors (Lipinski definition) is 0. The summed E-state index contributed by atoms with van der Waals surface area (Å²) in [6, 6.07) is -0.147. The molecule has 19 heavy (non-hydrogen) atoms. The van der Waals surface area contributed by atoms with Gasteiger partial charge in [-0.15, -0.1) is 0 Å². The number of esters is 2. The van der Waals surface area contributed by atoms with Crippen LogP contribution in [-0.2, 0) is 19.1 Å². The molecular formula is C13H20N2O4. The second-order valence-electron chi connectivity index (χ2n) is 5.37. The van der Waals surface area contributed by atoms with Crippen LogP contribution in [0.25, 0.3) is 0 Å². The summed E-state index contributed by atoms with van der Waals surface area (Å²) in [4.78, 5) is 27.7. The van der Waals surface area contributed by atoms with E-state index in [1.807, 2.05) is 0 Å². The van der Waals surface area contributed by atoms with E-state index in [1.165, 1.54) is 0 Å². The summed E-state index contributed by atoms with van der Waals surface area (Å²) in [6.45, 7) is 4.53. The van der Waals surface area contributed by atoms with Gasteiger partial charge in [-0.2, -0.15) is 0 Å². The monoisotopic (exact) mass is 268 g/mol. The third-order valence-corrected chi connectivity index (χ3v) is 4.26. The molecule has 3 heterocycles. The Labute approximate surface area is 112 Å². The lowest BCUT2D eigenvalue weighted by Gasteiger charge is -2.26. The SMILES string of the molecule is O=C1OCCC1N1CCCN(C2CCOC2=O)CC1. The molecule has 0 saturated carbocycles. The van der Waals surface area contributed by atoms with Crippen LogP contribution in [0.4, 0.5) is 0 Å². The van der Waals surface area contributed by atoms with Gasteiger partial charge in [0.25, 0.3) is 0 Å². The Hall–Kier alpha value is -1.14. The van der Waals surface area contributed by atoms with Crippen molar-refractivity contribution >= 4 is 11.9 Å². The molecule has 0 aliphatic carbocycles. The standard InChI is InChI=1S/C13H20N2O4/c16-12-10(2-8-18-12)14-4-1-5-15(7-6-14)11-3-9-19-13(11)17/h10-11H,1-9H2. The van der Waals surface area contributed by atoms with Gasteiger partial charge in [0.05, 0.1) is 13.2 Å². The minimum absolute atomic E-state index is 0.0736. The molecule has 0 amide bonds. The Morgan fingerprint density at radius 2 is 1.26 bits per heavy atom. The largest absolute Gasteiger partial charge is 0.464 e. The van der Waals surface area contributed by atoms with Gasteiger partial charge in [-0.25, -0.2) is 0 Å². The van der Waals surface area contributed by atoms with Gasteiger partial charge >= 0.3 is 11.9 Å². The maximum absolute atomic E-state index is 11.6. The summed E-state index contributed by atoms with van der Waals surface area (Å²) in [5, 5.41) is 0. The van der Waals surface area contributed by atoms with Crippen molar-refractivity contribution < 1.29 is 19.1 Å². The molecule has 2 atom stereocenters. The Kier molecular flexibility index (Phi) is 3.70. The maximum Gasteiger partial charge on any atom is 0.323 e. The van der Waals surface area contributed by atoms with Crippen molar-refractivity contribution in [3.63, 3.8) is 0 Å². The summed E-state index contributed by atoms with van der Waals surface area (Å²) in [6.07, 6.45) is 2.57. The van der Waals surface area contributed by atoms with Crippen LogP contribution in [0.2, 0.25) is 0 Å². The summed E-state index contributed by atoms with van der Waals surface area (Å²) in [5.74, 6) is -0.178. The van der Waals surface area contributed by atoms with E-state index in [-0.39, 0.29) is 24.0 Å². The topological polar surface area (TPSA) is 59.1 Å². The highest BCUT2D eigenvalue weighted by Crippen LogP contribution is 2.20. The first-order chi connectivity index (χ1) is 9.25. The lowest BCUT2D eigenvalue weighted by Crippen LogP contribution is -2.43. The predicted octanol–water partition coefficient (Wildman–Crippen LogP) is -0.375. The fraction of sp³-hybridized carbons (Fsp3) is 0.846. The molecule has 0 aromatic carbocycles. The highest BCUT2D eigenvalue weighted by Gasteiger charge is 2.36. The smallest absolute Gasteiger partial charge is 0.323 e. The number of carbonyl (C=O) groups is 2. The van der Waals surface area contributed by atoms with Crippen LogP contribution in [0.3, 0.4) is 0 Å². The number of rotatable bonds is 2. The molecule has 0 aromatic heterocycles. The van der Waals surface area contributed by atoms with Crippen LogP contribution in [0.15, 0.2) is 0 Å². The number of carbonyl (C=O) groups excluding carboxylic acids is 2. The molecule has 3 aliphatic heterocycles. The zero-order valence-electron chi connectivity index (χ0n) is 11.0. The van der Waals surface area contributed by atoms with Gasteiger partial charge in [-0.3, -0.25) is 19.4 Å². The van der Waals surface area contributed by atoms with Crippen molar-refractivity contribution in [1.29, 1.82) is 0 Å². The van der Waals surface area contributed by atoms with Crippen molar-refractivity contribution in [2.24, 2.45) is 0 Å². The van der Waals surface area contributed by atoms with Gasteiger partial charge in [-0.1, -0.05) is 0 Å². The van der Waals surface area contributed by atoms with Gasteiger partial charge in [0.2, 0.25) is 0 Å². The van der Waals surface area contributed by atoms with E-state index in [2.05, 4.69) is 9.80 Å². The molecule has 3 fully saturated rings. The predicted molar refractivity (Wildman–Crippen MR) is 66.5 cm³/mol. The van der Waals surface area contributed by atoms with E-state index in [1.54, 1.807) is 0 Å². The Bertz CT molecular complexity index is 340. The molecule has 6 nitrogen and oxygen atoms in total. The van der Waals surface area contributed by atoms with Crippen LogP contribution in [0.5, 0.6) is 0 Å². The molecule has 106 valence electrons. The van der Waals surface area contributed by atoms with Crippen molar-refractivity contribution in [2.45, 2.75) is 31.3 Å². The lowest BCUT2D eigenvalue weighted by atomic mass is 10.2. The third-order valence-electron chi connectivity index (χ3n) is 4.26. The average Bonchev–Trinajstić information content (AvgIpc) is 2.93. The van der Waals surface area contributed by atoms with Crippen LogP contribution in [0.1, 0.15) is 19.3 Å². The number of nitrogens with zero attached hydrogens (tertiary/aromatic N) is 2. The quantitative estimate of drug-likeness (QED) is 0.637. The summed E-state index contributed by atoms with van der Waals surface area (Å²) in [7, 11) is 0. The van der Waals surface area contributed by atoms with Gasteiger partial charge in [0.1, 0.15) is 12.1 Å². The highest BCUT2D eigenvalue weighted by molar-refractivity contribution is 5.78. The summed E-state index contributed by atoms with van der Waals surface area (Å²) in [5.41, 5.74) is 0. The first kappa shape index (κ1) is 12.9. The molecule has 3 saturated heterocycles. The van der Waals surface area contributed by atoms with Gasteiger partial charge in [0, 0.05) is 39.0 Å². The molecule has 0 bridgehead atoms. The van der Waals surface area contributed by atoms with Crippen molar-refractivity contribution in [3.8, 4) is 0 Å². The number of cyclic esters (lactones) is 2. The average molecular weight is 268 g/mol. The summed E-state index contributed by atoms with van der Waals surface area (Å²) >= 11 is 0. The normalized spacial score (nSPS) is 34.1. The first-order valence-electron chi connectivity index (χ1n) is 7.07. The van der Waals surface area contributed by atoms with Crippen molar-refractivity contribution in [3.05, 3.63) is 0 Å². The number of hydrogen-bond acceptors (Lipinski definition) is 6. The van der Waals surface area contributed by atoms with Crippen molar-refractivity contribution in [2.75, 3.05) is 39.4 Å². The maximum atomic E-state index is 11.6. The molecule has 3 aliphatic rings. The zero-order valence-corrected chi connectivity index (χ0v) is 11.0. The van der Waals surface area contributed by atoms with Gasteiger partial charge < -0.3 is 9.47 Å². The molecule has 2 unspecified atom stereocenters. The van der Waals surface area contributed by atoms with E-state index in [0.717, 1.165) is 45.4 Å². The minimum atomic E-state index is -0.0891. The third kappa shape index (κ3) is 2.60. The van der Waals surface area contributed by atoms with Crippen LogP contribution >= 0.6 is 0 Å². The second-order valence-corrected chi connectivity index (χ2v) is 5.37. The fourth-order valence-electron chi connectivity index (χ4n) is 3.21. The second kappa shape index (κ2) is 5.46. The molecule has 6 heteroatoms. The summed E-state index contributed by atoms with van der Waals surface area (Å²) < 4.78 is 10.1. The van der Waals surface area contributed by atoms with E-state index in [0.29, 0.717) is 13.2 Å². The molecule has 0 radical (unpaired) electrons. The van der Waals surface area contributed by atoms with Crippen LogP contribution < -0.4 is 0 Å². The molecule has 0 aromatic rings. The van der Waals surface area contributed by atoms with Crippen LogP contribution in [0, 0.1) is 0 Å². The molecule has 0 spiro atoms. The lowest BCUT2D eigenvalue weighted by molar-refractivity contribution is -0.143. The zero-order chi connectivity index (χ0) is 13.2. The molecule has 0 N–H and O–H groups in total. The Balaban J connectivity index is 1.59. The minimum Gasteiger partial charge on any atom is -0.464 e. The fourth-order valence-corrected chi connectivity index (χ4v) is 3.21. The van der Waals surface area contributed by atoms with E-state index < -0.39 is 0 Å².